The van der Waals surface area contributed by atoms with Gasteiger partial charge in [0, 0.05) is 12.8 Å². The summed E-state index contributed by atoms with van der Waals surface area (Å²) in [4.78, 5) is 0. The molecule has 0 aliphatic heterocycles. The molecule has 0 spiro atoms. The van der Waals surface area contributed by atoms with E-state index in [4.69, 9.17) is 4.43 Å². The van der Waals surface area contributed by atoms with Crippen LogP contribution in [0, 0.1) is 0 Å². The maximum absolute atomic E-state index is 5.36. The molecule has 0 heterocycles. The Bertz CT molecular complexity index is 45.7. The van der Waals surface area contributed by atoms with Gasteiger partial charge in [0.15, 0.2) is 9.04 Å². The summed E-state index contributed by atoms with van der Waals surface area (Å²) in [6.07, 6.45) is 1.08. The molecule has 50 valence electrons. The van der Waals surface area contributed by atoms with Gasteiger partial charge in [-0.2, -0.15) is 0 Å². The van der Waals surface area contributed by atoms with Crippen LogP contribution in [0.3, 0.4) is 0 Å². The fourth-order valence-electron chi connectivity index (χ4n) is 0.631. The fraction of sp³-hybridized carbons (Fsp3) is 1.00. The Kier molecular flexibility index (Phi) is 5.37. The molecule has 1 atom stereocenters. The minimum atomic E-state index is -0.813. The number of hydrogen-bond acceptors (Lipinski definition) is 2. The SMILES string of the molecule is CCO[SiH](C)CNC. The van der Waals surface area contributed by atoms with Gasteiger partial charge in [0.25, 0.3) is 0 Å². The molecule has 1 unspecified atom stereocenters. The van der Waals surface area contributed by atoms with Crippen molar-refractivity contribution >= 4 is 9.04 Å². The molecular formula is C5H15NOSi. The Morgan fingerprint density at radius 2 is 2.25 bits per heavy atom. The first-order chi connectivity index (χ1) is 3.81. The third-order valence-corrected chi connectivity index (χ3v) is 2.83. The maximum atomic E-state index is 5.36. The lowest BCUT2D eigenvalue weighted by molar-refractivity contribution is 0.344. The van der Waals surface area contributed by atoms with E-state index in [1.165, 1.54) is 0 Å². The van der Waals surface area contributed by atoms with Crippen molar-refractivity contribution in [1.82, 2.24) is 5.32 Å². The van der Waals surface area contributed by atoms with E-state index in [2.05, 4.69) is 11.9 Å². The lowest BCUT2D eigenvalue weighted by Gasteiger charge is -2.07. The molecule has 0 amide bonds. The monoisotopic (exact) mass is 133 g/mol. The van der Waals surface area contributed by atoms with Gasteiger partial charge in [0.1, 0.15) is 0 Å². The average molecular weight is 133 g/mol. The Hall–Kier alpha value is 0.137. The molecule has 0 aliphatic carbocycles. The van der Waals surface area contributed by atoms with E-state index in [-0.39, 0.29) is 0 Å². The lowest BCUT2D eigenvalue weighted by Crippen LogP contribution is -2.27. The summed E-state index contributed by atoms with van der Waals surface area (Å²) < 4.78 is 5.36. The standard InChI is InChI=1S/C5H15NOSi/c1-4-7-8(3)5-6-2/h6,8H,4-5H2,1-3H3. The van der Waals surface area contributed by atoms with Crippen molar-refractivity contribution in [3.63, 3.8) is 0 Å². The van der Waals surface area contributed by atoms with Crippen LogP contribution >= 0.6 is 0 Å². The van der Waals surface area contributed by atoms with Crippen LogP contribution in [0.5, 0.6) is 0 Å². The largest absolute Gasteiger partial charge is 0.419 e. The molecule has 0 saturated carbocycles. The second kappa shape index (κ2) is 5.28. The molecule has 2 nitrogen and oxygen atoms in total. The van der Waals surface area contributed by atoms with Gasteiger partial charge in [0.05, 0.1) is 0 Å². The summed E-state index contributed by atoms with van der Waals surface area (Å²) in [5.41, 5.74) is 0. The van der Waals surface area contributed by atoms with Crippen LogP contribution in [0.15, 0.2) is 0 Å². The number of hydrogen-bond donors (Lipinski definition) is 1. The highest BCUT2D eigenvalue weighted by Crippen LogP contribution is 1.80. The van der Waals surface area contributed by atoms with Crippen molar-refractivity contribution in [2.45, 2.75) is 13.5 Å². The molecule has 0 saturated heterocycles. The minimum Gasteiger partial charge on any atom is -0.419 e. The van der Waals surface area contributed by atoms with Gasteiger partial charge in [-0.05, 0) is 20.5 Å². The highest BCUT2D eigenvalue weighted by Gasteiger charge is 1.98. The molecule has 0 aliphatic rings. The van der Waals surface area contributed by atoms with Gasteiger partial charge in [0.2, 0.25) is 0 Å². The van der Waals surface area contributed by atoms with Crippen LogP contribution < -0.4 is 5.32 Å². The van der Waals surface area contributed by atoms with Gasteiger partial charge in [-0.25, -0.2) is 0 Å². The van der Waals surface area contributed by atoms with Gasteiger partial charge in [-0.3, -0.25) is 0 Å². The van der Waals surface area contributed by atoms with Crippen molar-refractivity contribution in [2.24, 2.45) is 0 Å². The zero-order chi connectivity index (χ0) is 6.41. The second-order valence-corrected chi connectivity index (χ2v) is 4.19. The third kappa shape index (κ3) is 4.30. The molecule has 1 N–H and O–H groups in total. The van der Waals surface area contributed by atoms with Gasteiger partial charge >= 0.3 is 0 Å². The van der Waals surface area contributed by atoms with E-state index < -0.39 is 9.04 Å². The summed E-state index contributed by atoms with van der Waals surface area (Å²) in [5, 5.41) is 3.09. The summed E-state index contributed by atoms with van der Waals surface area (Å²) in [5.74, 6) is 0. The summed E-state index contributed by atoms with van der Waals surface area (Å²) >= 11 is 0. The highest BCUT2D eigenvalue weighted by molar-refractivity contribution is 6.50. The van der Waals surface area contributed by atoms with Crippen LogP contribution in [-0.4, -0.2) is 28.9 Å². The molecule has 0 bridgehead atoms. The van der Waals surface area contributed by atoms with Crippen LogP contribution in [0.25, 0.3) is 0 Å². The molecule has 0 rings (SSSR count). The predicted molar refractivity (Wildman–Crippen MR) is 38.6 cm³/mol. The lowest BCUT2D eigenvalue weighted by atomic mass is 10.9. The smallest absolute Gasteiger partial charge is 0.187 e. The Balaban J connectivity index is 2.92. The van der Waals surface area contributed by atoms with Crippen molar-refractivity contribution in [1.29, 1.82) is 0 Å². The van der Waals surface area contributed by atoms with Crippen molar-refractivity contribution in [2.75, 3.05) is 19.8 Å². The van der Waals surface area contributed by atoms with E-state index in [9.17, 15) is 0 Å². The molecule has 0 radical (unpaired) electrons. The van der Waals surface area contributed by atoms with E-state index in [0.717, 1.165) is 12.8 Å². The van der Waals surface area contributed by atoms with Crippen LogP contribution in [0.2, 0.25) is 6.55 Å². The summed E-state index contributed by atoms with van der Waals surface area (Å²) in [6, 6.07) is 0. The van der Waals surface area contributed by atoms with Crippen LogP contribution in [0.4, 0.5) is 0 Å². The number of nitrogens with one attached hydrogen (secondary N) is 1. The van der Waals surface area contributed by atoms with Crippen LogP contribution in [0.1, 0.15) is 6.92 Å². The fourth-order valence-corrected chi connectivity index (χ4v) is 1.89. The summed E-state index contributed by atoms with van der Waals surface area (Å²) in [7, 11) is 1.15. The van der Waals surface area contributed by atoms with E-state index in [0.29, 0.717) is 0 Å². The van der Waals surface area contributed by atoms with Gasteiger partial charge < -0.3 is 9.74 Å². The second-order valence-electron chi connectivity index (χ2n) is 1.82. The summed E-state index contributed by atoms with van der Waals surface area (Å²) in [6.45, 7) is 5.11. The molecule has 8 heavy (non-hydrogen) atoms. The average Bonchev–Trinajstić information content (AvgIpc) is 1.68. The maximum Gasteiger partial charge on any atom is 0.187 e. The predicted octanol–water partition coefficient (Wildman–Crippen LogP) is 0.135. The van der Waals surface area contributed by atoms with E-state index >= 15 is 0 Å². The highest BCUT2D eigenvalue weighted by atomic mass is 28.3. The van der Waals surface area contributed by atoms with E-state index in [1.54, 1.807) is 0 Å². The zero-order valence-electron chi connectivity index (χ0n) is 5.90. The Morgan fingerprint density at radius 3 is 2.62 bits per heavy atom. The molecule has 0 aromatic heterocycles. The third-order valence-electron chi connectivity index (χ3n) is 0.943. The topological polar surface area (TPSA) is 21.3 Å². The van der Waals surface area contributed by atoms with Crippen LogP contribution in [-0.2, 0) is 4.43 Å². The molecule has 3 heteroatoms. The molecule has 0 fully saturated rings. The Morgan fingerprint density at radius 1 is 1.62 bits per heavy atom. The first kappa shape index (κ1) is 8.14. The van der Waals surface area contributed by atoms with Crippen molar-refractivity contribution in [3.8, 4) is 0 Å². The minimum absolute atomic E-state index is 0.813. The normalized spacial score (nSPS) is 13.9. The van der Waals surface area contributed by atoms with E-state index in [1.807, 2.05) is 14.0 Å². The van der Waals surface area contributed by atoms with Gasteiger partial charge in [-0.15, -0.1) is 0 Å². The number of rotatable bonds is 4. The molecule has 0 aromatic rings. The zero-order valence-corrected chi connectivity index (χ0v) is 7.05. The Labute approximate surface area is 53.0 Å². The molecular weight excluding hydrogens is 118 g/mol. The first-order valence-corrected chi connectivity index (χ1v) is 5.51. The van der Waals surface area contributed by atoms with Crippen molar-refractivity contribution < 1.29 is 4.43 Å². The molecule has 0 aromatic carbocycles. The van der Waals surface area contributed by atoms with Gasteiger partial charge in [-0.1, -0.05) is 0 Å². The van der Waals surface area contributed by atoms with Crippen molar-refractivity contribution in [3.05, 3.63) is 0 Å². The quantitative estimate of drug-likeness (QED) is 0.551. The first-order valence-electron chi connectivity index (χ1n) is 3.07.